The normalized spacial score (nSPS) is 16.1. The average Bonchev–Trinajstić information content (AvgIpc) is 3.19. The predicted molar refractivity (Wildman–Crippen MR) is 92.5 cm³/mol. The fourth-order valence-electron chi connectivity index (χ4n) is 3.40. The van der Waals surface area contributed by atoms with Crippen LogP contribution in [0.1, 0.15) is 29.1 Å². The van der Waals surface area contributed by atoms with Crippen LogP contribution in [0.25, 0.3) is 15.9 Å². The van der Waals surface area contributed by atoms with Crippen molar-refractivity contribution in [2.24, 2.45) is 0 Å². The first kappa shape index (κ1) is 14.8. The molecule has 1 fully saturated rings. The number of likely N-dealkylation sites (tertiary alicyclic amines) is 1. The van der Waals surface area contributed by atoms with E-state index < -0.39 is 0 Å². The smallest absolute Gasteiger partial charge is 0.301 e. The summed E-state index contributed by atoms with van der Waals surface area (Å²) in [4.78, 5) is 21.9. The molecule has 0 atom stereocenters. The summed E-state index contributed by atoms with van der Waals surface area (Å²) in [7, 11) is 0. The molecule has 4 heterocycles. The van der Waals surface area contributed by atoms with Gasteiger partial charge in [-0.3, -0.25) is 0 Å². The standard InChI is InChI=1S/C16H21N5OS/c1-10-11(2)23-15-13(10)14-18-20(9-8-19-6-4-5-7-19)16(22)21(14)12(3)17-15/h4-9H2,1-3H3. The molecule has 4 rings (SSSR count). The Morgan fingerprint density at radius 3 is 2.61 bits per heavy atom. The van der Waals surface area contributed by atoms with Crippen molar-refractivity contribution in [1.29, 1.82) is 0 Å². The first-order valence-corrected chi connectivity index (χ1v) is 8.96. The summed E-state index contributed by atoms with van der Waals surface area (Å²) in [5.74, 6) is 0.714. The highest BCUT2D eigenvalue weighted by molar-refractivity contribution is 7.18. The van der Waals surface area contributed by atoms with E-state index in [2.05, 4.69) is 28.8 Å². The van der Waals surface area contributed by atoms with Gasteiger partial charge in [-0.1, -0.05) is 0 Å². The molecule has 0 spiro atoms. The molecule has 1 saturated heterocycles. The fourth-order valence-corrected chi connectivity index (χ4v) is 4.47. The highest BCUT2D eigenvalue weighted by Gasteiger charge is 2.19. The van der Waals surface area contributed by atoms with Crippen LogP contribution in [0.4, 0.5) is 0 Å². The van der Waals surface area contributed by atoms with Gasteiger partial charge in [-0.15, -0.1) is 16.4 Å². The minimum absolute atomic E-state index is 0.0747. The lowest BCUT2D eigenvalue weighted by Gasteiger charge is -2.13. The molecule has 3 aromatic rings. The number of hydrogen-bond donors (Lipinski definition) is 0. The van der Waals surface area contributed by atoms with E-state index in [4.69, 9.17) is 0 Å². The Kier molecular flexibility index (Phi) is 3.50. The maximum absolute atomic E-state index is 12.7. The van der Waals surface area contributed by atoms with Crippen molar-refractivity contribution in [3.8, 4) is 0 Å². The quantitative estimate of drug-likeness (QED) is 0.738. The molecule has 23 heavy (non-hydrogen) atoms. The van der Waals surface area contributed by atoms with Crippen molar-refractivity contribution >= 4 is 27.2 Å². The summed E-state index contributed by atoms with van der Waals surface area (Å²) < 4.78 is 3.26. The van der Waals surface area contributed by atoms with Gasteiger partial charge in [-0.05, 0) is 52.3 Å². The predicted octanol–water partition coefficient (Wildman–Crippen LogP) is 2.13. The van der Waals surface area contributed by atoms with Crippen molar-refractivity contribution in [2.75, 3.05) is 19.6 Å². The van der Waals surface area contributed by atoms with E-state index in [1.807, 2.05) is 6.92 Å². The van der Waals surface area contributed by atoms with Gasteiger partial charge in [0.1, 0.15) is 10.7 Å². The Hall–Kier alpha value is -1.73. The van der Waals surface area contributed by atoms with Crippen LogP contribution < -0.4 is 5.69 Å². The summed E-state index contributed by atoms with van der Waals surface area (Å²) in [5.41, 5.74) is 1.86. The monoisotopic (exact) mass is 331 g/mol. The van der Waals surface area contributed by atoms with Gasteiger partial charge in [0.25, 0.3) is 0 Å². The van der Waals surface area contributed by atoms with Crippen LogP contribution in [0.2, 0.25) is 0 Å². The first-order chi connectivity index (χ1) is 11.1. The third kappa shape index (κ3) is 2.30. The Morgan fingerprint density at radius 2 is 1.87 bits per heavy atom. The number of rotatable bonds is 3. The Balaban J connectivity index is 1.83. The number of thiophene rings is 1. The van der Waals surface area contributed by atoms with Gasteiger partial charge in [0.15, 0.2) is 5.65 Å². The second-order valence-corrected chi connectivity index (χ2v) is 7.54. The van der Waals surface area contributed by atoms with Crippen LogP contribution in [0.5, 0.6) is 0 Å². The fraction of sp³-hybridized carbons (Fsp3) is 0.562. The third-order valence-electron chi connectivity index (χ3n) is 4.84. The molecule has 0 unspecified atom stereocenters. The lowest BCUT2D eigenvalue weighted by molar-refractivity contribution is 0.313. The molecule has 122 valence electrons. The summed E-state index contributed by atoms with van der Waals surface area (Å²) in [5, 5.41) is 5.67. The van der Waals surface area contributed by atoms with E-state index in [1.165, 1.54) is 23.3 Å². The van der Waals surface area contributed by atoms with E-state index in [0.29, 0.717) is 12.4 Å². The summed E-state index contributed by atoms with van der Waals surface area (Å²) in [6.07, 6.45) is 2.52. The number of aryl methyl sites for hydroxylation is 3. The number of hydrogen-bond acceptors (Lipinski definition) is 5. The summed E-state index contributed by atoms with van der Waals surface area (Å²) in [6.45, 7) is 9.86. The first-order valence-electron chi connectivity index (χ1n) is 8.14. The van der Waals surface area contributed by atoms with E-state index in [9.17, 15) is 4.79 Å². The van der Waals surface area contributed by atoms with Crippen LogP contribution in [0, 0.1) is 20.8 Å². The Morgan fingerprint density at radius 1 is 1.13 bits per heavy atom. The van der Waals surface area contributed by atoms with Crippen molar-refractivity contribution in [3.05, 3.63) is 26.7 Å². The summed E-state index contributed by atoms with van der Waals surface area (Å²) >= 11 is 1.67. The van der Waals surface area contributed by atoms with Crippen molar-refractivity contribution in [2.45, 2.75) is 40.2 Å². The zero-order valence-electron chi connectivity index (χ0n) is 13.8. The molecule has 1 aliphatic rings. The van der Waals surface area contributed by atoms with Gasteiger partial charge in [0, 0.05) is 11.4 Å². The van der Waals surface area contributed by atoms with Gasteiger partial charge < -0.3 is 4.90 Å². The van der Waals surface area contributed by atoms with Gasteiger partial charge >= 0.3 is 5.69 Å². The average molecular weight is 331 g/mol. The molecule has 1 aliphatic heterocycles. The van der Waals surface area contributed by atoms with Crippen molar-refractivity contribution in [1.82, 2.24) is 24.1 Å². The third-order valence-corrected chi connectivity index (χ3v) is 5.94. The van der Waals surface area contributed by atoms with Crippen LogP contribution >= 0.6 is 11.3 Å². The van der Waals surface area contributed by atoms with E-state index >= 15 is 0 Å². The second kappa shape index (κ2) is 5.42. The Labute approximate surface area is 138 Å². The molecule has 0 radical (unpaired) electrons. The van der Waals surface area contributed by atoms with Gasteiger partial charge in [0.2, 0.25) is 0 Å². The second-order valence-electron chi connectivity index (χ2n) is 6.34. The largest absolute Gasteiger partial charge is 0.351 e. The molecule has 0 N–H and O–H groups in total. The number of nitrogens with zero attached hydrogens (tertiary/aromatic N) is 5. The highest BCUT2D eigenvalue weighted by atomic mass is 32.1. The molecule has 0 saturated carbocycles. The topological polar surface area (TPSA) is 55.4 Å². The minimum atomic E-state index is -0.0747. The molecule has 0 aliphatic carbocycles. The molecule has 0 amide bonds. The highest BCUT2D eigenvalue weighted by Crippen LogP contribution is 2.31. The number of aromatic nitrogens is 4. The lowest BCUT2D eigenvalue weighted by Crippen LogP contribution is -2.30. The van der Waals surface area contributed by atoms with E-state index in [0.717, 1.165) is 35.5 Å². The molecule has 7 heteroatoms. The number of fused-ring (bicyclic) bond motifs is 3. The zero-order chi connectivity index (χ0) is 16.1. The van der Waals surface area contributed by atoms with Gasteiger partial charge in [-0.25, -0.2) is 18.9 Å². The minimum Gasteiger partial charge on any atom is -0.301 e. The zero-order valence-corrected chi connectivity index (χ0v) is 14.6. The maximum Gasteiger partial charge on any atom is 0.351 e. The molecule has 3 aromatic heterocycles. The lowest BCUT2D eigenvalue weighted by atomic mass is 10.2. The molecule has 6 nitrogen and oxygen atoms in total. The molecular weight excluding hydrogens is 310 g/mol. The maximum atomic E-state index is 12.7. The molecular formula is C16H21N5OS. The summed E-state index contributed by atoms with van der Waals surface area (Å²) in [6, 6.07) is 0. The molecule has 0 aromatic carbocycles. The van der Waals surface area contributed by atoms with E-state index in [-0.39, 0.29) is 5.69 Å². The van der Waals surface area contributed by atoms with Crippen LogP contribution in [-0.4, -0.2) is 43.7 Å². The van der Waals surface area contributed by atoms with E-state index in [1.54, 1.807) is 20.4 Å². The Bertz CT molecular complexity index is 945. The van der Waals surface area contributed by atoms with Gasteiger partial charge in [-0.2, -0.15) is 0 Å². The van der Waals surface area contributed by atoms with Gasteiger partial charge in [0.05, 0.1) is 11.9 Å². The van der Waals surface area contributed by atoms with Crippen molar-refractivity contribution in [3.63, 3.8) is 0 Å². The SMILES string of the molecule is Cc1sc2nc(C)n3c(=O)n(CCN4CCCC4)nc3c2c1C. The van der Waals surface area contributed by atoms with Crippen LogP contribution in [0.3, 0.4) is 0 Å². The van der Waals surface area contributed by atoms with Crippen LogP contribution in [-0.2, 0) is 6.54 Å². The van der Waals surface area contributed by atoms with Crippen LogP contribution in [0.15, 0.2) is 4.79 Å². The van der Waals surface area contributed by atoms with Crippen molar-refractivity contribution < 1.29 is 0 Å². The molecule has 0 bridgehead atoms.